The number of halogens is 1. The van der Waals surface area contributed by atoms with Crippen LogP contribution in [0.25, 0.3) is 0 Å². The molecular formula is C9H9ClN2O3. The monoisotopic (exact) mass is 228 g/mol. The van der Waals surface area contributed by atoms with Gasteiger partial charge in [0.25, 0.3) is 0 Å². The van der Waals surface area contributed by atoms with E-state index < -0.39 is 12.0 Å². The number of para-hydroxylation sites is 2. The molecule has 80 valence electrons. The van der Waals surface area contributed by atoms with Crippen LogP contribution in [0.5, 0.6) is 5.75 Å². The van der Waals surface area contributed by atoms with Gasteiger partial charge in [0.1, 0.15) is 5.88 Å². The Morgan fingerprint density at radius 2 is 2.07 bits per heavy atom. The van der Waals surface area contributed by atoms with Crippen LogP contribution in [-0.4, -0.2) is 17.9 Å². The minimum absolute atomic E-state index is 0.176. The van der Waals surface area contributed by atoms with Crippen molar-refractivity contribution in [2.24, 2.45) is 5.73 Å². The zero-order valence-corrected chi connectivity index (χ0v) is 8.45. The summed E-state index contributed by atoms with van der Waals surface area (Å²) in [4.78, 5) is 21.5. The summed E-state index contributed by atoms with van der Waals surface area (Å²) in [7, 11) is 0. The van der Waals surface area contributed by atoms with Gasteiger partial charge in [-0.15, -0.1) is 11.6 Å². The number of primary amides is 1. The molecule has 0 unspecified atom stereocenters. The SMILES string of the molecule is NC(=O)Oc1ccccc1NC(=O)CCl. The van der Waals surface area contributed by atoms with Crippen LogP contribution in [0.3, 0.4) is 0 Å². The Kier molecular flexibility index (Phi) is 3.93. The molecule has 0 aromatic heterocycles. The molecule has 15 heavy (non-hydrogen) atoms. The zero-order valence-electron chi connectivity index (χ0n) is 7.70. The van der Waals surface area contributed by atoms with Crippen molar-refractivity contribution in [3.05, 3.63) is 24.3 Å². The first-order valence-electron chi connectivity index (χ1n) is 4.05. The molecule has 1 aromatic rings. The van der Waals surface area contributed by atoms with Crippen molar-refractivity contribution >= 4 is 29.3 Å². The third-order valence-corrected chi connectivity index (χ3v) is 1.74. The molecule has 0 aliphatic rings. The van der Waals surface area contributed by atoms with Gasteiger partial charge in [-0.25, -0.2) is 4.79 Å². The van der Waals surface area contributed by atoms with Crippen molar-refractivity contribution in [2.75, 3.05) is 11.2 Å². The molecule has 3 N–H and O–H groups in total. The highest BCUT2D eigenvalue weighted by molar-refractivity contribution is 6.29. The number of alkyl halides is 1. The summed E-state index contributed by atoms with van der Waals surface area (Å²) < 4.78 is 4.67. The number of carbonyl (C=O) groups excluding carboxylic acids is 2. The number of nitrogens with two attached hydrogens (primary N) is 1. The van der Waals surface area contributed by atoms with Gasteiger partial charge in [-0.1, -0.05) is 12.1 Å². The van der Waals surface area contributed by atoms with Crippen LogP contribution in [-0.2, 0) is 4.79 Å². The first-order valence-corrected chi connectivity index (χ1v) is 4.59. The smallest absolute Gasteiger partial charge is 0.408 e. The molecule has 0 bridgehead atoms. The normalized spacial score (nSPS) is 9.40. The molecule has 1 aromatic carbocycles. The molecule has 0 aliphatic heterocycles. The molecule has 0 spiro atoms. The van der Waals surface area contributed by atoms with E-state index in [2.05, 4.69) is 10.1 Å². The Morgan fingerprint density at radius 3 is 2.67 bits per heavy atom. The van der Waals surface area contributed by atoms with Gasteiger partial charge in [0.15, 0.2) is 5.75 Å². The van der Waals surface area contributed by atoms with Crippen molar-refractivity contribution in [1.29, 1.82) is 0 Å². The molecule has 0 fully saturated rings. The van der Waals surface area contributed by atoms with Crippen molar-refractivity contribution in [3.8, 4) is 5.75 Å². The second-order valence-electron chi connectivity index (χ2n) is 2.60. The molecule has 0 aliphatic carbocycles. The van der Waals surface area contributed by atoms with Crippen molar-refractivity contribution in [3.63, 3.8) is 0 Å². The zero-order chi connectivity index (χ0) is 11.3. The maximum Gasteiger partial charge on any atom is 0.410 e. The van der Waals surface area contributed by atoms with Crippen LogP contribution in [0.4, 0.5) is 10.5 Å². The number of rotatable bonds is 3. The molecule has 0 radical (unpaired) electrons. The first kappa shape index (κ1) is 11.3. The molecule has 0 atom stereocenters. The highest BCUT2D eigenvalue weighted by atomic mass is 35.5. The lowest BCUT2D eigenvalue weighted by atomic mass is 10.3. The molecular weight excluding hydrogens is 220 g/mol. The summed E-state index contributed by atoms with van der Waals surface area (Å²) in [5.41, 5.74) is 5.21. The Labute approximate surface area is 91.2 Å². The number of benzene rings is 1. The molecule has 5 nitrogen and oxygen atoms in total. The lowest BCUT2D eigenvalue weighted by molar-refractivity contribution is -0.113. The Hall–Kier alpha value is -1.75. The fraction of sp³-hybridized carbons (Fsp3) is 0.111. The van der Waals surface area contributed by atoms with E-state index >= 15 is 0 Å². The number of anilines is 1. The molecule has 1 rings (SSSR count). The lowest BCUT2D eigenvalue weighted by Gasteiger charge is -2.08. The molecule has 2 amide bonds. The van der Waals surface area contributed by atoms with E-state index in [-0.39, 0.29) is 11.6 Å². The summed E-state index contributed by atoms with van der Waals surface area (Å²) in [6.45, 7) is 0. The van der Waals surface area contributed by atoms with Crippen LogP contribution in [0.1, 0.15) is 0 Å². The van der Waals surface area contributed by atoms with E-state index in [1.807, 2.05) is 0 Å². The lowest BCUT2D eigenvalue weighted by Crippen LogP contribution is -2.19. The van der Waals surface area contributed by atoms with Crippen LogP contribution in [0.15, 0.2) is 24.3 Å². The fourth-order valence-electron chi connectivity index (χ4n) is 0.951. The third kappa shape index (κ3) is 3.47. The van der Waals surface area contributed by atoms with Crippen molar-refractivity contribution in [2.45, 2.75) is 0 Å². The van der Waals surface area contributed by atoms with Gasteiger partial charge in [0.05, 0.1) is 5.69 Å². The summed E-state index contributed by atoms with van der Waals surface area (Å²) in [5, 5.41) is 2.46. The second-order valence-corrected chi connectivity index (χ2v) is 2.87. The van der Waals surface area contributed by atoms with Crippen LogP contribution >= 0.6 is 11.6 Å². The van der Waals surface area contributed by atoms with E-state index in [1.165, 1.54) is 6.07 Å². The topological polar surface area (TPSA) is 81.4 Å². The van der Waals surface area contributed by atoms with E-state index in [1.54, 1.807) is 18.2 Å². The number of hydrogen-bond donors (Lipinski definition) is 2. The summed E-state index contributed by atoms with van der Waals surface area (Å²) in [6.07, 6.45) is -0.942. The largest absolute Gasteiger partial charge is 0.410 e. The number of ether oxygens (including phenoxy) is 1. The van der Waals surface area contributed by atoms with Crippen LogP contribution < -0.4 is 15.8 Å². The summed E-state index contributed by atoms with van der Waals surface area (Å²) >= 11 is 5.32. The average molecular weight is 229 g/mol. The van der Waals surface area contributed by atoms with E-state index in [0.29, 0.717) is 5.69 Å². The van der Waals surface area contributed by atoms with Gasteiger partial charge < -0.3 is 15.8 Å². The predicted octanol–water partition coefficient (Wildman–Crippen LogP) is 1.32. The van der Waals surface area contributed by atoms with E-state index in [4.69, 9.17) is 17.3 Å². The summed E-state index contributed by atoms with van der Waals surface area (Å²) in [6, 6.07) is 6.41. The third-order valence-electron chi connectivity index (χ3n) is 1.49. The Bertz CT molecular complexity index is 381. The van der Waals surface area contributed by atoms with Gasteiger partial charge in [-0.05, 0) is 12.1 Å². The first-order chi connectivity index (χ1) is 7.13. The van der Waals surface area contributed by atoms with E-state index in [0.717, 1.165) is 0 Å². The van der Waals surface area contributed by atoms with Gasteiger partial charge >= 0.3 is 6.09 Å². The molecule has 0 heterocycles. The van der Waals surface area contributed by atoms with Crippen LogP contribution in [0, 0.1) is 0 Å². The van der Waals surface area contributed by atoms with Gasteiger partial charge in [0, 0.05) is 0 Å². The van der Waals surface area contributed by atoms with Crippen LogP contribution in [0.2, 0.25) is 0 Å². The van der Waals surface area contributed by atoms with Gasteiger partial charge in [0.2, 0.25) is 5.91 Å². The molecule has 0 saturated carbocycles. The quantitative estimate of drug-likeness (QED) is 0.766. The van der Waals surface area contributed by atoms with Crippen molar-refractivity contribution in [1.82, 2.24) is 0 Å². The van der Waals surface area contributed by atoms with Crippen molar-refractivity contribution < 1.29 is 14.3 Å². The minimum atomic E-state index is -0.942. The molecule has 0 saturated heterocycles. The maximum absolute atomic E-state index is 11.0. The number of carbonyl (C=O) groups is 2. The maximum atomic E-state index is 11.0. The summed E-state index contributed by atoms with van der Waals surface area (Å²) in [5.74, 6) is -0.383. The highest BCUT2D eigenvalue weighted by Gasteiger charge is 2.08. The number of hydrogen-bond acceptors (Lipinski definition) is 3. The minimum Gasteiger partial charge on any atom is -0.408 e. The van der Waals surface area contributed by atoms with Gasteiger partial charge in [-0.2, -0.15) is 0 Å². The standard InChI is InChI=1S/C9H9ClN2O3/c10-5-8(13)12-6-3-1-2-4-7(6)15-9(11)14/h1-4H,5H2,(H2,11,14)(H,12,13). The second kappa shape index (κ2) is 5.21. The number of nitrogens with one attached hydrogen (secondary N) is 1. The highest BCUT2D eigenvalue weighted by Crippen LogP contribution is 2.23. The fourth-order valence-corrected chi connectivity index (χ4v) is 1.02. The van der Waals surface area contributed by atoms with E-state index in [9.17, 15) is 9.59 Å². The number of amides is 2. The average Bonchev–Trinajstić information content (AvgIpc) is 2.20. The Morgan fingerprint density at radius 1 is 1.40 bits per heavy atom. The predicted molar refractivity (Wildman–Crippen MR) is 56.0 cm³/mol. The Balaban J connectivity index is 2.85. The van der Waals surface area contributed by atoms with Gasteiger partial charge in [-0.3, -0.25) is 4.79 Å². The molecule has 6 heteroatoms.